The molecule has 2 aromatic rings. The summed E-state index contributed by atoms with van der Waals surface area (Å²) in [4.78, 5) is 12.7. The number of carbonyl (C=O) groups excluding carboxylic acids is 1. The summed E-state index contributed by atoms with van der Waals surface area (Å²) >= 11 is 0. The molecule has 1 fully saturated rings. The average molecular weight is 380 g/mol. The molecule has 2 aliphatic rings. The van der Waals surface area contributed by atoms with Gasteiger partial charge in [-0.2, -0.15) is 0 Å². The lowest BCUT2D eigenvalue weighted by molar-refractivity contribution is 0.0931. The maximum Gasteiger partial charge on any atom is 0.274 e. The third-order valence-corrected chi connectivity index (χ3v) is 5.29. The number of aryl methyl sites for hydroxylation is 1. The van der Waals surface area contributed by atoms with Crippen LogP contribution in [0.4, 0.5) is 4.39 Å². The fourth-order valence-electron chi connectivity index (χ4n) is 3.91. The minimum absolute atomic E-state index is 0. The molecular weight excluding hydrogens is 357 g/mol. The van der Waals surface area contributed by atoms with Gasteiger partial charge in [-0.3, -0.25) is 4.79 Å². The van der Waals surface area contributed by atoms with Crippen LogP contribution in [0, 0.1) is 12.7 Å². The van der Waals surface area contributed by atoms with Gasteiger partial charge in [0.05, 0.1) is 17.8 Å². The van der Waals surface area contributed by atoms with E-state index in [4.69, 9.17) is 0 Å². The fraction of sp³-hybridized carbons (Fsp3) is 0.500. The smallest absolute Gasteiger partial charge is 0.274 e. The molecule has 1 saturated heterocycles. The summed E-state index contributed by atoms with van der Waals surface area (Å²) in [6.07, 6.45) is 3.55. The van der Waals surface area contributed by atoms with Crippen molar-refractivity contribution in [2.45, 2.75) is 44.7 Å². The van der Waals surface area contributed by atoms with Crippen LogP contribution in [0.15, 0.2) is 18.2 Å². The van der Waals surface area contributed by atoms with Crippen LogP contribution in [0.25, 0.3) is 0 Å². The third kappa shape index (κ3) is 3.46. The molecule has 26 heavy (non-hydrogen) atoms. The second kappa shape index (κ2) is 7.72. The van der Waals surface area contributed by atoms with Gasteiger partial charge < -0.3 is 10.6 Å². The van der Waals surface area contributed by atoms with E-state index in [1.54, 1.807) is 12.1 Å². The number of halogens is 2. The zero-order valence-electron chi connectivity index (χ0n) is 14.7. The average Bonchev–Trinajstić information content (AvgIpc) is 3.19. The standard InChI is InChI=1S/C18H22FN5O.ClH/c1-11-17(22-23-24(11)14-6-8-20-9-7-14)18(25)21-16-5-2-12-10-13(19)3-4-15(12)16;/h3-4,10,14,16,20H,2,5-9H2,1H3,(H,21,25);1H. The van der Waals surface area contributed by atoms with Crippen molar-refractivity contribution in [3.8, 4) is 0 Å². The molecule has 8 heteroatoms. The van der Waals surface area contributed by atoms with Gasteiger partial charge >= 0.3 is 0 Å². The van der Waals surface area contributed by atoms with Crippen LogP contribution in [0.1, 0.15) is 58.7 Å². The monoisotopic (exact) mass is 379 g/mol. The molecule has 1 aromatic heterocycles. The molecule has 1 atom stereocenters. The van der Waals surface area contributed by atoms with Gasteiger partial charge in [0, 0.05) is 0 Å². The summed E-state index contributed by atoms with van der Waals surface area (Å²) in [7, 11) is 0. The number of benzene rings is 1. The Morgan fingerprint density at radius 2 is 2.08 bits per heavy atom. The van der Waals surface area contributed by atoms with Crippen molar-refractivity contribution in [3.63, 3.8) is 0 Å². The molecule has 1 aromatic carbocycles. The molecule has 2 N–H and O–H groups in total. The number of carbonyl (C=O) groups is 1. The fourth-order valence-corrected chi connectivity index (χ4v) is 3.91. The van der Waals surface area contributed by atoms with Gasteiger partial charge in [0.1, 0.15) is 5.82 Å². The first kappa shape index (κ1) is 18.8. The van der Waals surface area contributed by atoms with Gasteiger partial charge in [0.15, 0.2) is 5.69 Å². The summed E-state index contributed by atoms with van der Waals surface area (Å²) in [5.74, 6) is -0.439. The lowest BCUT2D eigenvalue weighted by Gasteiger charge is -2.23. The van der Waals surface area contributed by atoms with Crippen molar-refractivity contribution in [2.24, 2.45) is 0 Å². The van der Waals surface area contributed by atoms with Crippen LogP contribution in [0.2, 0.25) is 0 Å². The zero-order chi connectivity index (χ0) is 17.4. The molecule has 2 heterocycles. The third-order valence-electron chi connectivity index (χ3n) is 5.29. The largest absolute Gasteiger partial charge is 0.344 e. The van der Waals surface area contributed by atoms with Gasteiger partial charge in [0.2, 0.25) is 0 Å². The normalized spacial score (nSPS) is 19.7. The Kier molecular flexibility index (Phi) is 5.58. The molecule has 0 radical (unpaired) electrons. The molecule has 1 unspecified atom stereocenters. The summed E-state index contributed by atoms with van der Waals surface area (Å²) < 4.78 is 15.2. The summed E-state index contributed by atoms with van der Waals surface area (Å²) in [5.41, 5.74) is 3.16. The summed E-state index contributed by atoms with van der Waals surface area (Å²) in [6.45, 7) is 3.82. The highest BCUT2D eigenvalue weighted by atomic mass is 35.5. The van der Waals surface area contributed by atoms with Crippen LogP contribution in [0.3, 0.4) is 0 Å². The van der Waals surface area contributed by atoms with E-state index in [0.717, 1.165) is 55.6 Å². The van der Waals surface area contributed by atoms with E-state index in [-0.39, 0.29) is 30.2 Å². The van der Waals surface area contributed by atoms with Crippen molar-refractivity contribution < 1.29 is 9.18 Å². The van der Waals surface area contributed by atoms with Gasteiger partial charge in [0.25, 0.3) is 5.91 Å². The Labute approximate surface area is 158 Å². The van der Waals surface area contributed by atoms with E-state index >= 15 is 0 Å². The molecule has 0 saturated carbocycles. The number of nitrogens with one attached hydrogen (secondary N) is 2. The second-order valence-corrected chi connectivity index (χ2v) is 6.86. The van der Waals surface area contributed by atoms with E-state index in [1.165, 1.54) is 6.07 Å². The maximum atomic E-state index is 13.3. The van der Waals surface area contributed by atoms with E-state index in [1.807, 2.05) is 11.6 Å². The number of hydrogen-bond donors (Lipinski definition) is 2. The number of rotatable bonds is 3. The molecule has 1 amide bonds. The number of piperidine rings is 1. The summed E-state index contributed by atoms with van der Waals surface area (Å²) in [5, 5.41) is 14.7. The Morgan fingerprint density at radius 3 is 2.85 bits per heavy atom. The van der Waals surface area contributed by atoms with Crippen LogP contribution in [-0.4, -0.2) is 34.0 Å². The Bertz CT molecular complexity index is 803. The SMILES string of the molecule is Cc1c(C(=O)NC2CCc3cc(F)ccc32)nnn1C1CCNCC1.Cl. The van der Waals surface area contributed by atoms with Crippen molar-refractivity contribution >= 4 is 18.3 Å². The highest BCUT2D eigenvalue weighted by Gasteiger charge is 2.28. The Balaban J connectivity index is 0.00000196. The van der Waals surface area contributed by atoms with Crippen LogP contribution < -0.4 is 10.6 Å². The van der Waals surface area contributed by atoms with Crippen molar-refractivity contribution in [1.29, 1.82) is 0 Å². The predicted molar refractivity (Wildman–Crippen MR) is 98.1 cm³/mol. The number of fused-ring (bicyclic) bond motifs is 1. The lowest BCUT2D eigenvalue weighted by atomic mass is 10.1. The first-order valence-electron chi connectivity index (χ1n) is 8.85. The molecule has 0 spiro atoms. The van der Waals surface area contributed by atoms with Crippen LogP contribution in [-0.2, 0) is 6.42 Å². The molecule has 6 nitrogen and oxygen atoms in total. The minimum atomic E-state index is -0.230. The molecule has 140 valence electrons. The van der Waals surface area contributed by atoms with E-state index in [9.17, 15) is 9.18 Å². The van der Waals surface area contributed by atoms with Gasteiger partial charge in [-0.1, -0.05) is 11.3 Å². The highest BCUT2D eigenvalue weighted by Crippen LogP contribution is 2.31. The molecule has 1 aliphatic carbocycles. The quantitative estimate of drug-likeness (QED) is 0.859. The van der Waals surface area contributed by atoms with Crippen molar-refractivity contribution in [1.82, 2.24) is 25.6 Å². The van der Waals surface area contributed by atoms with Crippen LogP contribution in [0.5, 0.6) is 0 Å². The van der Waals surface area contributed by atoms with Crippen molar-refractivity contribution in [2.75, 3.05) is 13.1 Å². The molecular formula is C18H23ClFN5O. The summed E-state index contributed by atoms with van der Waals surface area (Å²) in [6, 6.07) is 4.97. The number of nitrogens with zero attached hydrogens (tertiary/aromatic N) is 3. The Morgan fingerprint density at radius 1 is 1.31 bits per heavy atom. The van der Waals surface area contributed by atoms with Gasteiger partial charge in [-0.25, -0.2) is 9.07 Å². The second-order valence-electron chi connectivity index (χ2n) is 6.86. The number of amides is 1. The van der Waals surface area contributed by atoms with Crippen LogP contribution >= 0.6 is 12.4 Å². The van der Waals surface area contributed by atoms with E-state index < -0.39 is 0 Å². The maximum absolute atomic E-state index is 13.3. The topological polar surface area (TPSA) is 71.8 Å². The van der Waals surface area contributed by atoms with E-state index in [2.05, 4.69) is 20.9 Å². The predicted octanol–water partition coefficient (Wildman–Crippen LogP) is 2.49. The molecule has 4 rings (SSSR count). The van der Waals surface area contributed by atoms with E-state index in [0.29, 0.717) is 11.7 Å². The molecule has 0 bridgehead atoms. The minimum Gasteiger partial charge on any atom is -0.344 e. The lowest BCUT2D eigenvalue weighted by Crippen LogP contribution is -2.31. The molecule has 1 aliphatic heterocycles. The van der Waals surface area contributed by atoms with Gasteiger partial charge in [-0.05, 0) is 69.0 Å². The van der Waals surface area contributed by atoms with Crippen molar-refractivity contribution in [3.05, 3.63) is 46.5 Å². The first-order chi connectivity index (χ1) is 12.1. The zero-order valence-corrected chi connectivity index (χ0v) is 15.5. The van der Waals surface area contributed by atoms with Gasteiger partial charge in [-0.15, -0.1) is 17.5 Å². The number of aromatic nitrogens is 3. The highest BCUT2D eigenvalue weighted by molar-refractivity contribution is 5.93. The number of hydrogen-bond acceptors (Lipinski definition) is 4. The Hall–Kier alpha value is -1.99. The first-order valence-corrected chi connectivity index (χ1v) is 8.85.